The first-order valence-corrected chi connectivity index (χ1v) is 12.4. The minimum atomic E-state index is 0.604. The number of aryl methyl sites for hydroxylation is 2. The van der Waals surface area contributed by atoms with E-state index in [-0.39, 0.29) is 0 Å². The van der Waals surface area contributed by atoms with Gasteiger partial charge in [0.15, 0.2) is 0 Å². The highest BCUT2D eigenvalue weighted by molar-refractivity contribution is 7.12. The highest BCUT2D eigenvalue weighted by atomic mass is 32.1. The van der Waals surface area contributed by atoms with E-state index >= 15 is 0 Å². The van der Waals surface area contributed by atoms with Gasteiger partial charge in [0.05, 0.1) is 6.61 Å². The van der Waals surface area contributed by atoms with Crippen LogP contribution in [0.15, 0.2) is 23.7 Å². The van der Waals surface area contributed by atoms with E-state index in [4.69, 9.17) is 4.74 Å². The van der Waals surface area contributed by atoms with Crippen molar-refractivity contribution in [3.05, 3.63) is 49.5 Å². The number of ether oxygens (including phenoxy) is 1. The fraction of sp³-hybridized carbons (Fsp3) is 0.565. The fourth-order valence-corrected chi connectivity index (χ4v) is 6.79. The molecule has 2 aromatic rings. The van der Waals surface area contributed by atoms with Gasteiger partial charge >= 0.3 is 0 Å². The van der Waals surface area contributed by atoms with Crippen molar-refractivity contribution in [3.8, 4) is 0 Å². The molecular formula is C23H32N2OS2. The smallest absolute Gasteiger partial charge is 0.143 e. The zero-order valence-electron chi connectivity index (χ0n) is 17.1. The molecule has 0 amide bonds. The molecular weight excluding hydrogens is 384 g/mol. The minimum absolute atomic E-state index is 0.604. The molecule has 4 rings (SSSR count). The van der Waals surface area contributed by atoms with Crippen molar-refractivity contribution < 1.29 is 4.74 Å². The summed E-state index contributed by atoms with van der Waals surface area (Å²) in [6.45, 7) is 5.13. The van der Waals surface area contributed by atoms with E-state index in [9.17, 15) is 0 Å². The summed E-state index contributed by atoms with van der Waals surface area (Å²) >= 11 is 3.90. The maximum atomic E-state index is 6.10. The molecule has 2 aliphatic rings. The molecule has 0 spiro atoms. The minimum Gasteiger partial charge on any atom is -0.491 e. The molecule has 0 fully saturated rings. The lowest BCUT2D eigenvalue weighted by atomic mass is 9.96. The number of thiophene rings is 2. The molecule has 3 heterocycles. The van der Waals surface area contributed by atoms with E-state index in [2.05, 4.69) is 48.3 Å². The Morgan fingerprint density at radius 3 is 2.96 bits per heavy atom. The van der Waals surface area contributed by atoms with Crippen LogP contribution in [0, 0.1) is 0 Å². The summed E-state index contributed by atoms with van der Waals surface area (Å²) in [6, 6.07) is 4.70. The molecule has 1 aliphatic heterocycles. The second-order valence-corrected chi connectivity index (χ2v) is 10.1. The highest BCUT2D eigenvalue weighted by Crippen LogP contribution is 2.40. The average Bonchev–Trinajstić information content (AvgIpc) is 3.27. The SMILES string of the molecule is CCc1cc2c(s1)CCCO/C2=C\NCC1CCCC(CNC)c2ccsc21. The number of nitrogens with one attached hydrogen (secondary N) is 2. The number of hydrogen-bond acceptors (Lipinski definition) is 5. The lowest BCUT2D eigenvalue weighted by molar-refractivity contribution is 0.276. The third-order valence-corrected chi connectivity index (χ3v) is 8.40. The van der Waals surface area contributed by atoms with Gasteiger partial charge in [-0.15, -0.1) is 22.7 Å². The highest BCUT2D eigenvalue weighted by Gasteiger charge is 2.25. The molecule has 0 saturated heterocycles. The molecule has 2 aromatic heterocycles. The van der Waals surface area contributed by atoms with Crippen LogP contribution in [0.4, 0.5) is 0 Å². The molecule has 28 heavy (non-hydrogen) atoms. The maximum Gasteiger partial charge on any atom is 0.143 e. The van der Waals surface area contributed by atoms with Crippen molar-refractivity contribution in [3.63, 3.8) is 0 Å². The number of fused-ring (bicyclic) bond motifs is 2. The molecule has 0 saturated carbocycles. The fourth-order valence-electron chi connectivity index (χ4n) is 4.51. The Morgan fingerprint density at radius 2 is 2.11 bits per heavy atom. The Bertz CT molecular complexity index is 807. The van der Waals surface area contributed by atoms with Crippen LogP contribution in [0.2, 0.25) is 0 Å². The van der Waals surface area contributed by atoms with Gasteiger partial charge in [-0.25, -0.2) is 0 Å². The number of rotatable bonds is 6. The lowest BCUT2D eigenvalue weighted by Gasteiger charge is -2.17. The number of likely N-dealkylation sites (N-methyl/N-ethyl adjacent to an activating group) is 1. The predicted octanol–water partition coefficient (Wildman–Crippen LogP) is 5.49. The van der Waals surface area contributed by atoms with Crippen molar-refractivity contribution in [1.29, 1.82) is 0 Å². The summed E-state index contributed by atoms with van der Waals surface area (Å²) in [6.07, 6.45) is 9.38. The van der Waals surface area contributed by atoms with Crippen molar-refractivity contribution in [2.24, 2.45) is 0 Å². The molecule has 152 valence electrons. The summed E-state index contributed by atoms with van der Waals surface area (Å²) in [5.74, 6) is 2.31. The van der Waals surface area contributed by atoms with Crippen molar-refractivity contribution >= 4 is 28.4 Å². The second kappa shape index (κ2) is 9.47. The standard InChI is InChI=1S/C23H32N2OS2/c1-3-18-12-20-21(26-10-5-8-22(20)28-18)15-25-14-17-7-4-6-16(13-24-2)19-9-11-27-23(17)19/h9,11-12,15-17,24-25H,3-8,10,13-14H2,1-2H3/b21-15-. The maximum absolute atomic E-state index is 6.10. The van der Waals surface area contributed by atoms with Gasteiger partial charge in [-0.1, -0.05) is 13.3 Å². The number of hydrogen-bond donors (Lipinski definition) is 2. The van der Waals surface area contributed by atoms with Crippen LogP contribution < -0.4 is 10.6 Å². The van der Waals surface area contributed by atoms with Gasteiger partial charge < -0.3 is 15.4 Å². The summed E-state index contributed by atoms with van der Waals surface area (Å²) in [5, 5.41) is 9.30. The van der Waals surface area contributed by atoms with Crippen LogP contribution in [0.25, 0.3) is 5.76 Å². The van der Waals surface area contributed by atoms with Crippen LogP contribution in [-0.4, -0.2) is 26.7 Å². The van der Waals surface area contributed by atoms with E-state index in [0.29, 0.717) is 11.8 Å². The van der Waals surface area contributed by atoms with Crippen molar-refractivity contribution in [2.75, 3.05) is 26.7 Å². The van der Waals surface area contributed by atoms with Crippen LogP contribution in [0.1, 0.15) is 70.2 Å². The van der Waals surface area contributed by atoms with E-state index in [1.165, 1.54) is 34.6 Å². The van der Waals surface area contributed by atoms with E-state index in [0.717, 1.165) is 44.7 Å². The first kappa shape index (κ1) is 20.0. The Hall–Kier alpha value is -1.30. The molecule has 1 aliphatic carbocycles. The van der Waals surface area contributed by atoms with Gasteiger partial charge in [0, 0.05) is 45.4 Å². The Kier molecular flexibility index (Phi) is 6.76. The topological polar surface area (TPSA) is 33.3 Å². The largest absolute Gasteiger partial charge is 0.491 e. The van der Waals surface area contributed by atoms with Crippen molar-refractivity contribution in [1.82, 2.24) is 10.6 Å². The summed E-state index contributed by atoms with van der Waals surface area (Å²) in [4.78, 5) is 4.55. The van der Waals surface area contributed by atoms with Gasteiger partial charge in [-0.05, 0) is 68.1 Å². The monoisotopic (exact) mass is 416 g/mol. The van der Waals surface area contributed by atoms with Gasteiger partial charge in [0.1, 0.15) is 5.76 Å². The first-order valence-electron chi connectivity index (χ1n) is 10.7. The van der Waals surface area contributed by atoms with Gasteiger partial charge in [0.2, 0.25) is 0 Å². The molecule has 3 nitrogen and oxygen atoms in total. The second-order valence-electron chi connectivity index (χ2n) is 7.89. The molecule has 0 aromatic carbocycles. The average molecular weight is 417 g/mol. The van der Waals surface area contributed by atoms with Crippen LogP contribution in [-0.2, 0) is 17.6 Å². The van der Waals surface area contributed by atoms with Crippen LogP contribution in [0.5, 0.6) is 0 Å². The first-order chi connectivity index (χ1) is 13.8. The molecule has 0 radical (unpaired) electrons. The molecule has 2 atom stereocenters. The third kappa shape index (κ3) is 4.32. The molecule has 0 bridgehead atoms. The van der Waals surface area contributed by atoms with E-state index in [1.807, 2.05) is 22.7 Å². The lowest BCUT2D eigenvalue weighted by Crippen LogP contribution is -2.18. The van der Waals surface area contributed by atoms with Crippen LogP contribution in [0.3, 0.4) is 0 Å². The predicted molar refractivity (Wildman–Crippen MR) is 122 cm³/mol. The quantitative estimate of drug-likeness (QED) is 0.611. The Morgan fingerprint density at radius 1 is 1.21 bits per heavy atom. The van der Waals surface area contributed by atoms with E-state index < -0.39 is 0 Å². The van der Waals surface area contributed by atoms with Gasteiger partial charge in [-0.2, -0.15) is 0 Å². The molecule has 2 unspecified atom stereocenters. The zero-order valence-corrected chi connectivity index (χ0v) is 18.7. The molecule has 5 heteroatoms. The van der Waals surface area contributed by atoms with Crippen LogP contribution >= 0.6 is 22.7 Å². The summed E-state index contributed by atoms with van der Waals surface area (Å²) in [7, 11) is 2.07. The Balaban J connectivity index is 1.47. The third-order valence-electron chi connectivity index (χ3n) is 5.97. The van der Waals surface area contributed by atoms with Gasteiger partial charge in [0.25, 0.3) is 0 Å². The summed E-state index contributed by atoms with van der Waals surface area (Å²) < 4.78 is 6.10. The van der Waals surface area contributed by atoms with E-state index in [1.54, 1.807) is 10.4 Å². The van der Waals surface area contributed by atoms with Crippen molar-refractivity contribution in [2.45, 2.75) is 57.3 Å². The zero-order chi connectivity index (χ0) is 19.3. The normalized spacial score (nSPS) is 23.4. The summed E-state index contributed by atoms with van der Waals surface area (Å²) in [5.41, 5.74) is 2.90. The Labute approximate surface area is 177 Å². The van der Waals surface area contributed by atoms with Gasteiger partial charge in [-0.3, -0.25) is 0 Å². The molecule has 2 N–H and O–H groups in total.